The van der Waals surface area contributed by atoms with Crippen LogP contribution < -0.4 is 0 Å². The molecule has 0 amide bonds. The van der Waals surface area contributed by atoms with Crippen LogP contribution >= 0.6 is 0 Å². The third-order valence-electron chi connectivity index (χ3n) is 2.02. The average molecular weight is 304 g/mol. The monoisotopic (exact) mass is 304 g/mol. The first kappa shape index (κ1) is 21.4. The molecule has 4 N–H and O–H groups in total. The van der Waals surface area contributed by atoms with Gasteiger partial charge < -0.3 is 24.8 Å². The van der Waals surface area contributed by atoms with E-state index >= 15 is 0 Å². The first-order valence-electron chi connectivity index (χ1n) is 6.40. The molecule has 0 aromatic carbocycles. The number of aliphatic carboxylic acids is 2. The first-order valence-corrected chi connectivity index (χ1v) is 6.40. The second-order valence-corrected chi connectivity index (χ2v) is 4.67. The van der Waals surface area contributed by atoms with Gasteiger partial charge in [-0.3, -0.25) is 9.59 Å². The van der Waals surface area contributed by atoms with Gasteiger partial charge >= 0.3 is 11.9 Å². The van der Waals surface area contributed by atoms with Crippen molar-refractivity contribution in [1.82, 2.24) is 0 Å². The van der Waals surface area contributed by atoms with E-state index < -0.39 is 11.9 Å². The van der Waals surface area contributed by atoms with Crippen molar-refractivity contribution in [2.24, 2.45) is 11.8 Å². The number of aliphatic hydroxyl groups excluding tert-OH is 2. The number of carboxylic acids is 2. The van der Waals surface area contributed by atoms with Crippen LogP contribution in [0.4, 0.5) is 0 Å². The fraction of sp³-hybridized carbons (Fsp3) is 0.571. The molecule has 7 nitrogen and oxygen atoms in total. The van der Waals surface area contributed by atoms with Crippen LogP contribution in [0.5, 0.6) is 0 Å². The molecule has 0 aliphatic carbocycles. The summed E-state index contributed by atoms with van der Waals surface area (Å²) in [6, 6.07) is 3.26. The van der Waals surface area contributed by atoms with E-state index in [1.807, 2.05) is 0 Å². The molecule has 1 aromatic rings. The highest BCUT2D eigenvalue weighted by Gasteiger charge is 1.99. The van der Waals surface area contributed by atoms with Gasteiger partial charge in [0.25, 0.3) is 0 Å². The molecule has 0 saturated carbocycles. The number of furan rings is 1. The molecule has 1 heterocycles. The van der Waals surface area contributed by atoms with Gasteiger partial charge in [0.15, 0.2) is 0 Å². The van der Waals surface area contributed by atoms with Crippen LogP contribution in [0.3, 0.4) is 0 Å². The minimum atomic E-state index is -0.741. The Morgan fingerprint density at radius 3 is 1.24 bits per heavy atom. The van der Waals surface area contributed by atoms with Crippen molar-refractivity contribution in [1.29, 1.82) is 0 Å². The predicted molar refractivity (Wildman–Crippen MR) is 75.5 cm³/mol. The Morgan fingerprint density at radius 1 is 0.905 bits per heavy atom. The number of rotatable bonds is 4. The summed E-state index contributed by atoms with van der Waals surface area (Å²) in [6.07, 6.45) is 0. The fourth-order valence-corrected chi connectivity index (χ4v) is 0.592. The number of carboxylic acid groups (broad SMARTS) is 2. The molecule has 122 valence electrons. The van der Waals surface area contributed by atoms with Crippen molar-refractivity contribution in [3.63, 3.8) is 0 Å². The summed E-state index contributed by atoms with van der Waals surface area (Å²) in [5.41, 5.74) is 0. The summed E-state index contributed by atoms with van der Waals surface area (Å²) < 4.78 is 4.88. The summed E-state index contributed by atoms with van der Waals surface area (Å²) in [5.74, 6) is -0.974. The van der Waals surface area contributed by atoms with Crippen LogP contribution in [0, 0.1) is 11.8 Å². The van der Waals surface area contributed by atoms with Crippen LogP contribution in [0.15, 0.2) is 16.5 Å². The number of aliphatic hydroxyl groups is 2. The summed E-state index contributed by atoms with van der Waals surface area (Å²) in [5, 5.41) is 32.9. The largest absolute Gasteiger partial charge is 0.481 e. The van der Waals surface area contributed by atoms with Crippen LogP contribution in [-0.2, 0) is 22.8 Å². The lowest BCUT2D eigenvalue weighted by Crippen LogP contribution is -2.03. The Morgan fingerprint density at radius 2 is 1.14 bits per heavy atom. The van der Waals surface area contributed by atoms with Crippen LogP contribution in [0.2, 0.25) is 0 Å². The maximum absolute atomic E-state index is 9.70. The average Bonchev–Trinajstić information content (AvgIpc) is 2.87. The second-order valence-electron chi connectivity index (χ2n) is 4.67. The highest BCUT2D eigenvalue weighted by Crippen LogP contribution is 2.06. The lowest BCUT2D eigenvalue weighted by atomic mass is 10.2. The Balaban J connectivity index is 0. The number of hydrogen-bond acceptors (Lipinski definition) is 5. The Kier molecular flexibility index (Phi) is 12.2. The van der Waals surface area contributed by atoms with Crippen molar-refractivity contribution in [3.8, 4) is 0 Å². The quantitative estimate of drug-likeness (QED) is 0.666. The molecule has 0 radical (unpaired) electrons. The molecule has 0 bridgehead atoms. The molecular formula is C14H24O7. The lowest BCUT2D eigenvalue weighted by molar-refractivity contribution is -0.141. The van der Waals surface area contributed by atoms with Crippen LogP contribution in [0.1, 0.15) is 39.2 Å². The van der Waals surface area contributed by atoms with Crippen molar-refractivity contribution in [2.75, 3.05) is 0 Å². The number of hydrogen-bond donors (Lipinski definition) is 4. The predicted octanol–water partition coefficient (Wildman–Crippen LogP) is 1.72. The zero-order valence-electron chi connectivity index (χ0n) is 12.7. The van der Waals surface area contributed by atoms with Crippen molar-refractivity contribution in [2.45, 2.75) is 40.9 Å². The van der Waals surface area contributed by atoms with Gasteiger partial charge in [-0.15, -0.1) is 0 Å². The zero-order valence-corrected chi connectivity index (χ0v) is 12.7. The van der Waals surface area contributed by atoms with Gasteiger partial charge in [0.05, 0.1) is 11.8 Å². The van der Waals surface area contributed by atoms with E-state index in [-0.39, 0.29) is 25.0 Å². The van der Waals surface area contributed by atoms with Gasteiger partial charge in [0.1, 0.15) is 24.7 Å². The van der Waals surface area contributed by atoms with Crippen molar-refractivity contribution >= 4 is 11.9 Å². The molecular weight excluding hydrogens is 280 g/mol. The van der Waals surface area contributed by atoms with Gasteiger partial charge in [-0.1, -0.05) is 27.7 Å². The first-order chi connectivity index (χ1) is 9.65. The Labute approximate surface area is 123 Å². The molecule has 7 heteroatoms. The summed E-state index contributed by atoms with van der Waals surface area (Å²) in [7, 11) is 0. The number of carbonyl (C=O) groups is 2. The Bertz CT molecular complexity index is 371. The molecule has 0 unspecified atom stereocenters. The molecule has 0 aliphatic rings. The van der Waals surface area contributed by atoms with Gasteiger partial charge in [-0.05, 0) is 12.1 Å². The SMILES string of the molecule is CC(C)C(=O)O.CC(C)C(=O)O.OCc1ccc(CO)o1. The van der Waals surface area contributed by atoms with Gasteiger partial charge in [-0.25, -0.2) is 0 Å². The third kappa shape index (κ3) is 12.9. The maximum atomic E-state index is 9.70. The zero-order chi connectivity index (χ0) is 17.0. The fourth-order valence-electron chi connectivity index (χ4n) is 0.592. The molecule has 1 rings (SSSR count). The molecule has 21 heavy (non-hydrogen) atoms. The summed E-state index contributed by atoms with van der Waals surface area (Å²) in [6.45, 7) is 6.34. The lowest BCUT2D eigenvalue weighted by Gasteiger charge is -1.89. The summed E-state index contributed by atoms with van der Waals surface area (Å²) in [4.78, 5) is 19.4. The van der Waals surface area contributed by atoms with E-state index in [0.29, 0.717) is 11.5 Å². The van der Waals surface area contributed by atoms with Crippen molar-refractivity contribution in [3.05, 3.63) is 23.7 Å². The van der Waals surface area contributed by atoms with E-state index in [1.165, 1.54) is 0 Å². The van der Waals surface area contributed by atoms with E-state index in [9.17, 15) is 9.59 Å². The van der Waals surface area contributed by atoms with Crippen molar-refractivity contribution < 1.29 is 34.4 Å². The van der Waals surface area contributed by atoms with E-state index in [2.05, 4.69) is 0 Å². The molecule has 0 atom stereocenters. The van der Waals surface area contributed by atoms with E-state index in [1.54, 1.807) is 39.8 Å². The van der Waals surface area contributed by atoms with E-state index in [4.69, 9.17) is 24.8 Å². The highest BCUT2D eigenvalue weighted by molar-refractivity contribution is 5.69. The smallest absolute Gasteiger partial charge is 0.305 e. The normalized spacial score (nSPS) is 9.52. The van der Waals surface area contributed by atoms with E-state index in [0.717, 1.165) is 0 Å². The van der Waals surface area contributed by atoms with Crippen LogP contribution in [-0.4, -0.2) is 32.4 Å². The molecule has 0 spiro atoms. The summed E-state index contributed by atoms with van der Waals surface area (Å²) >= 11 is 0. The van der Waals surface area contributed by atoms with Crippen LogP contribution in [0.25, 0.3) is 0 Å². The second kappa shape index (κ2) is 11.9. The third-order valence-corrected chi connectivity index (χ3v) is 2.02. The molecule has 0 fully saturated rings. The van der Waals surface area contributed by atoms with Gasteiger partial charge in [0.2, 0.25) is 0 Å². The maximum Gasteiger partial charge on any atom is 0.305 e. The minimum Gasteiger partial charge on any atom is -0.481 e. The molecule has 0 aliphatic heterocycles. The molecule has 0 saturated heterocycles. The minimum absolute atomic E-state index is 0.111. The highest BCUT2D eigenvalue weighted by atomic mass is 16.4. The Hall–Kier alpha value is -1.86. The topological polar surface area (TPSA) is 128 Å². The van der Waals surface area contributed by atoms with Gasteiger partial charge in [0, 0.05) is 0 Å². The molecule has 1 aromatic heterocycles. The van der Waals surface area contributed by atoms with Gasteiger partial charge in [-0.2, -0.15) is 0 Å². The standard InChI is InChI=1S/C6H8O3.2C4H8O2/c7-3-5-1-2-6(4-8)9-5;2*1-3(2)4(5)6/h1-2,7-8H,3-4H2;2*3H,1-2H3,(H,5,6).